The Labute approximate surface area is 87.7 Å². The summed E-state index contributed by atoms with van der Waals surface area (Å²) in [6.07, 6.45) is 3.44. The predicted molar refractivity (Wildman–Crippen MR) is 57.8 cm³/mol. The van der Waals surface area contributed by atoms with Crippen LogP contribution in [0.15, 0.2) is 30.6 Å². The van der Waals surface area contributed by atoms with Crippen LogP contribution in [0.4, 0.5) is 0 Å². The van der Waals surface area contributed by atoms with Gasteiger partial charge in [0.1, 0.15) is 5.75 Å². The smallest absolute Gasteiger partial charge is 0.308 e. The number of carbonyl (C=O) groups excluding carboxylic acids is 1. The molecule has 0 amide bonds. The van der Waals surface area contributed by atoms with E-state index >= 15 is 0 Å². The highest BCUT2D eigenvalue weighted by molar-refractivity contribution is 5.90. The summed E-state index contributed by atoms with van der Waals surface area (Å²) in [6.45, 7) is 3.36. The third-order valence-electron chi connectivity index (χ3n) is 2.11. The highest BCUT2D eigenvalue weighted by atomic mass is 16.5. The molecule has 0 unspecified atom stereocenters. The van der Waals surface area contributed by atoms with Crippen molar-refractivity contribution in [3.05, 3.63) is 36.2 Å². The van der Waals surface area contributed by atoms with Gasteiger partial charge in [-0.15, -0.1) is 0 Å². The average molecular weight is 201 g/mol. The molecule has 3 heteroatoms. The van der Waals surface area contributed by atoms with E-state index in [1.54, 1.807) is 12.4 Å². The van der Waals surface area contributed by atoms with Gasteiger partial charge in [-0.2, -0.15) is 0 Å². The summed E-state index contributed by atoms with van der Waals surface area (Å²) in [6, 6.07) is 5.70. The van der Waals surface area contributed by atoms with E-state index in [-0.39, 0.29) is 5.97 Å². The van der Waals surface area contributed by atoms with Crippen LogP contribution in [0.25, 0.3) is 10.8 Å². The molecule has 0 atom stereocenters. The Hall–Kier alpha value is -1.90. The van der Waals surface area contributed by atoms with Crippen LogP contribution in [0.5, 0.6) is 5.75 Å². The lowest BCUT2D eigenvalue weighted by atomic mass is 10.1. The molecular weight excluding hydrogens is 190 g/mol. The van der Waals surface area contributed by atoms with Gasteiger partial charge in [0.15, 0.2) is 0 Å². The Balaban J connectivity index is 2.65. The Morgan fingerprint density at radius 3 is 2.93 bits per heavy atom. The molecule has 15 heavy (non-hydrogen) atoms. The van der Waals surface area contributed by atoms with Crippen LogP contribution in [0, 0.1) is 6.92 Å². The van der Waals surface area contributed by atoms with Crippen molar-refractivity contribution in [2.75, 3.05) is 0 Å². The summed E-state index contributed by atoms with van der Waals surface area (Å²) in [5.74, 6) is 0.290. The van der Waals surface area contributed by atoms with Gasteiger partial charge >= 0.3 is 5.97 Å². The minimum Gasteiger partial charge on any atom is -0.426 e. The van der Waals surface area contributed by atoms with Crippen molar-refractivity contribution in [2.45, 2.75) is 13.8 Å². The molecule has 0 spiro atoms. The largest absolute Gasteiger partial charge is 0.426 e. The van der Waals surface area contributed by atoms with E-state index in [4.69, 9.17) is 4.74 Å². The van der Waals surface area contributed by atoms with Gasteiger partial charge in [-0.05, 0) is 30.7 Å². The van der Waals surface area contributed by atoms with Gasteiger partial charge in [-0.25, -0.2) is 0 Å². The van der Waals surface area contributed by atoms with Crippen LogP contribution >= 0.6 is 0 Å². The highest BCUT2D eigenvalue weighted by Gasteiger charge is 2.05. The van der Waals surface area contributed by atoms with Crippen molar-refractivity contribution in [2.24, 2.45) is 0 Å². The van der Waals surface area contributed by atoms with Crippen molar-refractivity contribution in [3.63, 3.8) is 0 Å². The first kappa shape index (κ1) is 9.65. The number of rotatable bonds is 1. The molecule has 0 aliphatic rings. The van der Waals surface area contributed by atoms with Gasteiger partial charge in [-0.3, -0.25) is 9.78 Å². The SMILES string of the molecule is CC(=O)Oc1cc(C)cc2cnccc12. The number of aryl methyl sites for hydroxylation is 1. The summed E-state index contributed by atoms with van der Waals surface area (Å²) in [7, 11) is 0. The third kappa shape index (κ3) is 1.96. The van der Waals surface area contributed by atoms with Gasteiger partial charge in [0.05, 0.1) is 0 Å². The normalized spacial score (nSPS) is 10.3. The number of ether oxygens (including phenoxy) is 1. The number of fused-ring (bicyclic) bond motifs is 1. The first-order chi connectivity index (χ1) is 7.16. The number of esters is 1. The molecule has 0 bridgehead atoms. The number of hydrogen-bond acceptors (Lipinski definition) is 3. The van der Waals surface area contributed by atoms with Crippen molar-refractivity contribution in [1.29, 1.82) is 0 Å². The van der Waals surface area contributed by atoms with Crippen LogP contribution in [0.2, 0.25) is 0 Å². The van der Waals surface area contributed by atoms with Crippen LogP contribution in [0.1, 0.15) is 12.5 Å². The van der Waals surface area contributed by atoms with Crippen LogP contribution in [0.3, 0.4) is 0 Å². The Kier molecular flexibility index (Phi) is 2.37. The summed E-state index contributed by atoms with van der Waals surface area (Å²) in [4.78, 5) is 15.0. The number of aromatic nitrogens is 1. The van der Waals surface area contributed by atoms with E-state index in [0.29, 0.717) is 5.75 Å². The molecule has 0 saturated heterocycles. The van der Waals surface area contributed by atoms with E-state index in [2.05, 4.69) is 4.98 Å². The Morgan fingerprint density at radius 1 is 1.40 bits per heavy atom. The second-order valence-corrected chi connectivity index (χ2v) is 3.45. The van der Waals surface area contributed by atoms with Crippen molar-refractivity contribution >= 4 is 16.7 Å². The summed E-state index contributed by atoms with van der Waals surface area (Å²) < 4.78 is 5.14. The molecule has 1 heterocycles. The summed E-state index contributed by atoms with van der Waals surface area (Å²) in [5.41, 5.74) is 1.05. The average Bonchev–Trinajstić information content (AvgIpc) is 2.16. The molecule has 0 fully saturated rings. The number of carbonyl (C=O) groups is 1. The fraction of sp³-hybridized carbons (Fsp3) is 0.167. The zero-order chi connectivity index (χ0) is 10.8. The molecular formula is C12H11NO2. The number of nitrogens with zero attached hydrogens (tertiary/aromatic N) is 1. The zero-order valence-corrected chi connectivity index (χ0v) is 8.65. The molecule has 2 rings (SSSR count). The Morgan fingerprint density at radius 2 is 2.20 bits per heavy atom. The van der Waals surface area contributed by atoms with Gasteiger partial charge in [0.2, 0.25) is 0 Å². The number of benzene rings is 1. The lowest BCUT2D eigenvalue weighted by Gasteiger charge is -2.06. The van der Waals surface area contributed by atoms with Crippen molar-refractivity contribution < 1.29 is 9.53 Å². The van der Waals surface area contributed by atoms with Gasteiger partial charge in [-0.1, -0.05) is 0 Å². The fourth-order valence-electron chi connectivity index (χ4n) is 1.56. The monoisotopic (exact) mass is 201 g/mol. The molecule has 1 aromatic heterocycles. The standard InChI is InChI=1S/C12H11NO2/c1-8-5-10-7-13-4-3-11(10)12(6-8)15-9(2)14/h3-7H,1-2H3. The first-order valence-corrected chi connectivity index (χ1v) is 4.69. The first-order valence-electron chi connectivity index (χ1n) is 4.69. The van der Waals surface area contributed by atoms with E-state index in [1.165, 1.54) is 6.92 Å². The second-order valence-electron chi connectivity index (χ2n) is 3.45. The second kappa shape index (κ2) is 3.69. The molecule has 76 valence electrons. The maximum absolute atomic E-state index is 10.9. The lowest BCUT2D eigenvalue weighted by Crippen LogP contribution is -2.02. The molecule has 2 aromatic rings. The minimum atomic E-state index is -0.307. The molecule has 0 radical (unpaired) electrons. The fourth-order valence-corrected chi connectivity index (χ4v) is 1.56. The number of pyridine rings is 1. The summed E-state index contributed by atoms with van der Waals surface area (Å²) in [5, 5.41) is 1.89. The maximum atomic E-state index is 10.9. The van der Waals surface area contributed by atoms with Crippen molar-refractivity contribution in [1.82, 2.24) is 4.98 Å². The molecule has 3 nitrogen and oxygen atoms in total. The zero-order valence-electron chi connectivity index (χ0n) is 8.65. The molecule has 0 N–H and O–H groups in total. The van der Waals surface area contributed by atoms with Crippen LogP contribution in [-0.2, 0) is 4.79 Å². The van der Waals surface area contributed by atoms with Crippen LogP contribution in [-0.4, -0.2) is 11.0 Å². The van der Waals surface area contributed by atoms with E-state index < -0.39 is 0 Å². The van der Waals surface area contributed by atoms with Gasteiger partial charge in [0.25, 0.3) is 0 Å². The van der Waals surface area contributed by atoms with Gasteiger partial charge in [0, 0.05) is 30.1 Å². The number of hydrogen-bond donors (Lipinski definition) is 0. The van der Waals surface area contributed by atoms with E-state index in [0.717, 1.165) is 16.3 Å². The quantitative estimate of drug-likeness (QED) is 0.525. The summed E-state index contributed by atoms with van der Waals surface area (Å²) >= 11 is 0. The van der Waals surface area contributed by atoms with E-state index in [9.17, 15) is 4.79 Å². The lowest BCUT2D eigenvalue weighted by molar-refractivity contribution is -0.131. The molecule has 1 aromatic carbocycles. The predicted octanol–water partition coefficient (Wildman–Crippen LogP) is 2.47. The highest BCUT2D eigenvalue weighted by Crippen LogP contribution is 2.26. The third-order valence-corrected chi connectivity index (χ3v) is 2.11. The molecule has 0 aliphatic carbocycles. The topological polar surface area (TPSA) is 39.2 Å². The Bertz CT molecular complexity index is 520. The molecule has 0 saturated carbocycles. The molecule has 0 aliphatic heterocycles. The maximum Gasteiger partial charge on any atom is 0.308 e. The van der Waals surface area contributed by atoms with E-state index in [1.807, 2.05) is 25.1 Å². The van der Waals surface area contributed by atoms with Gasteiger partial charge < -0.3 is 4.74 Å². The van der Waals surface area contributed by atoms with Crippen molar-refractivity contribution in [3.8, 4) is 5.75 Å². The minimum absolute atomic E-state index is 0.307. The van der Waals surface area contributed by atoms with Crippen LogP contribution < -0.4 is 4.74 Å².